The molecule has 1 aromatic heterocycles. The van der Waals surface area contributed by atoms with Crippen LogP contribution in [0.15, 0.2) is 12.4 Å². The van der Waals surface area contributed by atoms with Gasteiger partial charge in [0.2, 0.25) is 16.0 Å². The molecule has 3 saturated heterocycles. The molecule has 0 aromatic carbocycles. The van der Waals surface area contributed by atoms with Gasteiger partial charge in [0.25, 0.3) is 0 Å². The van der Waals surface area contributed by atoms with E-state index in [4.69, 9.17) is 4.74 Å². The highest BCUT2D eigenvalue weighted by atomic mass is 32.2. The Balaban J connectivity index is 1.48. The van der Waals surface area contributed by atoms with Crippen LogP contribution in [0.5, 0.6) is 0 Å². The number of nitrogens with zero attached hydrogens (tertiary/aromatic N) is 3. The van der Waals surface area contributed by atoms with Gasteiger partial charge in [-0.25, -0.2) is 27.5 Å². The second-order valence-corrected chi connectivity index (χ2v) is 9.21. The Morgan fingerprint density at radius 1 is 1.44 bits per heavy atom. The summed E-state index contributed by atoms with van der Waals surface area (Å²) in [6, 6.07) is 0. The van der Waals surface area contributed by atoms with Crippen LogP contribution < -0.4 is 9.62 Å². The van der Waals surface area contributed by atoms with E-state index in [0.717, 1.165) is 12.8 Å². The minimum Gasteiger partial charge on any atom is -0.369 e. The van der Waals surface area contributed by atoms with Crippen LogP contribution in [0.25, 0.3) is 0 Å². The van der Waals surface area contributed by atoms with Crippen LogP contribution in [-0.2, 0) is 14.8 Å². The fraction of sp³-hybridized carbons (Fsp3) is 0.750. The average molecular weight is 370 g/mol. The summed E-state index contributed by atoms with van der Waals surface area (Å²) in [5.41, 5.74) is -0.247. The fourth-order valence-corrected chi connectivity index (χ4v) is 5.78. The molecule has 3 aliphatic heterocycles. The number of halogens is 1. The largest absolute Gasteiger partial charge is 0.369 e. The van der Waals surface area contributed by atoms with Crippen molar-refractivity contribution in [2.75, 3.05) is 30.3 Å². The number of hydrogen-bond acceptors (Lipinski definition) is 6. The van der Waals surface area contributed by atoms with E-state index < -0.39 is 15.8 Å². The number of ether oxygens (including phenoxy) is 1. The van der Waals surface area contributed by atoms with Crippen LogP contribution in [0, 0.1) is 17.7 Å². The second kappa shape index (κ2) is 6.14. The standard InChI is InChI=1S/C16H23FN4O3S/c1-2-5-25(22,23)20-8-12-13-9-21(15-18-6-11(17)7-19-15)10-16(13)4-3-14(12)24-16/h6-7,12-14,20H,2-5,8-10H2,1H3/t12-,13+,14+,16+/m0/s1. The summed E-state index contributed by atoms with van der Waals surface area (Å²) in [7, 11) is -3.22. The lowest BCUT2D eigenvalue weighted by Gasteiger charge is -2.29. The Labute approximate surface area is 147 Å². The van der Waals surface area contributed by atoms with E-state index >= 15 is 0 Å². The van der Waals surface area contributed by atoms with Crippen molar-refractivity contribution in [1.82, 2.24) is 14.7 Å². The van der Waals surface area contributed by atoms with E-state index in [0.29, 0.717) is 32.0 Å². The molecule has 138 valence electrons. The SMILES string of the molecule is CCCS(=O)(=O)NC[C@H]1[C@H]2CN(c3ncc(F)cn3)C[C@]23CC[C@H]1O3. The quantitative estimate of drug-likeness (QED) is 0.802. The molecule has 7 nitrogen and oxygen atoms in total. The molecule has 4 heterocycles. The van der Waals surface area contributed by atoms with Crippen LogP contribution in [0.4, 0.5) is 10.3 Å². The maximum atomic E-state index is 13.1. The molecule has 9 heteroatoms. The van der Waals surface area contributed by atoms with Gasteiger partial charge in [0, 0.05) is 24.9 Å². The van der Waals surface area contributed by atoms with Crippen molar-refractivity contribution in [1.29, 1.82) is 0 Å². The zero-order chi connectivity index (χ0) is 17.7. The van der Waals surface area contributed by atoms with Gasteiger partial charge in [0.05, 0.1) is 36.4 Å². The van der Waals surface area contributed by atoms with Crippen molar-refractivity contribution in [3.05, 3.63) is 18.2 Å². The summed E-state index contributed by atoms with van der Waals surface area (Å²) < 4.78 is 46.1. The van der Waals surface area contributed by atoms with Crippen molar-refractivity contribution in [3.63, 3.8) is 0 Å². The number of anilines is 1. The molecule has 4 rings (SSSR count). The Kier molecular flexibility index (Phi) is 4.20. The summed E-state index contributed by atoms with van der Waals surface area (Å²) >= 11 is 0. The molecular formula is C16H23FN4O3S. The fourth-order valence-electron chi connectivity index (χ4n) is 4.65. The molecule has 0 amide bonds. The van der Waals surface area contributed by atoms with E-state index in [9.17, 15) is 12.8 Å². The number of fused-ring (bicyclic) bond motifs is 1. The summed E-state index contributed by atoms with van der Waals surface area (Å²) in [6.45, 7) is 3.66. The Bertz CT molecular complexity index is 744. The van der Waals surface area contributed by atoms with Gasteiger partial charge in [0.1, 0.15) is 0 Å². The lowest BCUT2D eigenvalue weighted by molar-refractivity contribution is 0.0141. The minimum absolute atomic E-state index is 0.116. The van der Waals surface area contributed by atoms with Gasteiger partial charge >= 0.3 is 0 Å². The molecule has 1 aromatic rings. The molecule has 4 atom stereocenters. The number of rotatable bonds is 6. The van der Waals surface area contributed by atoms with Gasteiger partial charge in [-0.2, -0.15) is 0 Å². The second-order valence-electron chi connectivity index (χ2n) is 7.28. The first-order valence-corrected chi connectivity index (χ1v) is 10.5. The highest BCUT2D eigenvalue weighted by molar-refractivity contribution is 7.89. The normalized spacial score (nSPS) is 33.8. The first-order chi connectivity index (χ1) is 11.9. The smallest absolute Gasteiger partial charge is 0.225 e. The third-order valence-electron chi connectivity index (χ3n) is 5.69. The number of aromatic nitrogens is 2. The first kappa shape index (κ1) is 17.1. The molecule has 3 fully saturated rings. The van der Waals surface area contributed by atoms with E-state index in [-0.39, 0.29) is 29.3 Å². The molecule has 0 radical (unpaired) electrons. The molecule has 0 unspecified atom stereocenters. The van der Waals surface area contributed by atoms with E-state index in [1.54, 1.807) is 0 Å². The average Bonchev–Trinajstić information content (AvgIpc) is 3.21. The summed E-state index contributed by atoms with van der Waals surface area (Å²) in [5.74, 6) is 0.593. The van der Waals surface area contributed by atoms with Crippen LogP contribution in [0.3, 0.4) is 0 Å². The maximum absolute atomic E-state index is 13.1. The number of nitrogens with one attached hydrogen (secondary N) is 1. The third kappa shape index (κ3) is 3.02. The highest BCUT2D eigenvalue weighted by Gasteiger charge is 2.63. The van der Waals surface area contributed by atoms with Gasteiger partial charge in [-0.1, -0.05) is 6.92 Å². The van der Waals surface area contributed by atoms with Crippen LogP contribution in [0.1, 0.15) is 26.2 Å². The first-order valence-electron chi connectivity index (χ1n) is 8.80. The molecule has 2 bridgehead atoms. The van der Waals surface area contributed by atoms with Gasteiger partial charge < -0.3 is 9.64 Å². The zero-order valence-corrected chi connectivity index (χ0v) is 15.0. The van der Waals surface area contributed by atoms with Gasteiger partial charge in [-0.15, -0.1) is 0 Å². The Morgan fingerprint density at radius 3 is 2.92 bits per heavy atom. The molecule has 1 N–H and O–H groups in total. The van der Waals surface area contributed by atoms with Crippen LogP contribution >= 0.6 is 0 Å². The van der Waals surface area contributed by atoms with Crippen molar-refractivity contribution in [2.24, 2.45) is 11.8 Å². The number of hydrogen-bond donors (Lipinski definition) is 1. The van der Waals surface area contributed by atoms with E-state index in [1.165, 1.54) is 12.4 Å². The predicted octanol–water partition coefficient (Wildman–Crippen LogP) is 0.929. The summed E-state index contributed by atoms with van der Waals surface area (Å²) in [4.78, 5) is 10.2. The summed E-state index contributed by atoms with van der Waals surface area (Å²) in [6.07, 6.45) is 4.98. The summed E-state index contributed by atoms with van der Waals surface area (Å²) in [5, 5.41) is 0. The van der Waals surface area contributed by atoms with E-state index in [1.807, 2.05) is 11.8 Å². The van der Waals surface area contributed by atoms with Crippen LogP contribution in [-0.4, -0.2) is 55.5 Å². The van der Waals surface area contributed by atoms with Crippen molar-refractivity contribution in [2.45, 2.75) is 37.9 Å². The third-order valence-corrected chi connectivity index (χ3v) is 7.24. The van der Waals surface area contributed by atoms with Crippen LogP contribution in [0.2, 0.25) is 0 Å². The Morgan fingerprint density at radius 2 is 2.20 bits per heavy atom. The highest BCUT2D eigenvalue weighted by Crippen LogP contribution is 2.54. The maximum Gasteiger partial charge on any atom is 0.225 e. The lowest BCUT2D eigenvalue weighted by atomic mass is 9.74. The molecule has 0 aliphatic carbocycles. The molecule has 25 heavy (non-hydrogen) atoms. The topological polar surface area (TPSA) is 84.4 Å². The van der Waals surface area contributed by atoms with Crippen molar-refractivity contribution in [3.8, 4) is 0 Å². The van der Waals surface area contributed by atoms with E-state index in [2.05, 4.69) is 14.7 Å². The molecular weight excluding hydrogens is 347 g/mol. The lowest BCUT2D eigenvalue weighted by Crippen LogP contribution is -2.42. The molecule has 0 saturated carbocycles. The van der Waals surface area contributed by atoms with Gasteiger partial charge in [-0.05, 0) is 19.3 Å². The van der Waals surface area contributed by atoms with Crippen molar-refractivity contribution < 1.29 is 17.5 Å². The molecule has 1 spiro atoms. The molecule has 3 aliphatic rings. The predicted molar refractivity (Wildman–Crippen MR) is 90.1 cm³/mol. The number of sulfonamides is 1. The van der Waals surface area contributed by atoms with Gasteiger partial charge in [0.15, 0.2) is 5.82 Å². The minimum atomic E-state index is -3.22. The van der Waals surface area contributed by atoms with Crippen molar-refractivity contribution >= 4 is 16.0 Å². The monoisotopic (exact) mass is 370 g/mol. The Hall–Kier alpha value is -1.32. The van der Waals surface area contributed by atoms with Gasteiger partial charge in [-0.3, -0.25) is 0 Å². The zero-order valence-electron chi connectivity index (χ0n) is 14.2.